The molecule has 0 atom stereocenters. The molecule has 1 aliphatic carbocycles. The van der Waals surface area contributed by atoms with Gasteiger partial charge in [-0.15, -0.1) is 10.2 Å². The van der Waals surface area contributed by atoms with Crippen molar-refractivity contribution >= 4 is 17.1 Å². The first-order valence-corrected chi connectivity index (χ1v) is 3.48. The quantitative estimate of drug-likeness (QED) is 0.393. The molecule has 57 valence electrons. The number of fused-ring (bicyclic) bond motifs is 1. The lowest BCUT2D eigenvalue weighted by Crippen LogP contribution is -2.26. The van der Waals surface area contributed by atoms with Crippen LogP contribution in [0.25, 0.3) is 0 Å². The highest BCUT2D eigenvalue weighted by molar-refractivity contribution is 6.69. The van der Waals surface area contributed by atoms with Gasteiger partial charge < -0.3 is 5.21 Å². The molecule has 1 heterocycles. The molecule has 0 saturated heterocycles. The normalized spacial score (nSPS) is 25.6. The number of nitrogens with zero attached hydrogens (tertiary/aromatic N) is 4. The highest BCUT2D eigenvalue weighted by Gasteiger charge is 2.25. The van der Waals surface area contributed by atoms with E-state index in [0.717, 1.165) is 25.0 Å². The van der Waals surface area contributed by atoms with Gasteiger partial charge in [-0.25, -0.2) is 0 Å². The zero-order valence-corrected chi connectivity index (χ0v) is 5.86. The van der Waals surface area contributed by atoms with E-state index >= 15 is 0 Å². The molecule has 0 aromatic heterocycles. The fourth-order valence-electron chi connectivity index (χ4n) is 1.26. The maximum atomic E-state index is 8.55. The van der Waals surface area contributed by atoms with Crippen molar-refractivity contribution in [1.29, 1.82) is 0 Å². The van der Waals surface area contributed by atoms with Crippen molar-refractivity contribution < 1.29 is 5.21 Å². The number of rotatable bonds is 0. The zero-order valence-electron chi connectivity index (χ0n) is 5.86. The van der Waals surface area contributed by atoms with Crippen LogP contribution < -0.4 is 5.53 Å². The lowest BCUT2D eigenvalue weighted by Gasteiger charge is -2.10. The molecule has 2 aliphatic rings. The molecule has 2 rings (SSSR count). The van der Waals surface area contributed by atoms with E-state index in [9.17, 15) is 0 Å². The van der Waals surface area contributed by atoms with E-state index in [1.165, 1.54) is 0 Å². The van der Waals surface area contributed by atoms with Crippen molar-refractivity contribution in [1.82, 2.24) is 5.53 Å². The van der Waals surface area contributed by atoms with Crippen LogP contribution in [0.15, 0.2) is 15.4 Å². The third-order valence-electron chi connectivity index (χ3n) is 1.80. The van der Waals surface area contributed by atoms with Gasteiger partial charge in [0.15, 0.2) is 0 Å². The Balaban J connectivity index is 2.34. The molecule has 1 radical (unpaired) electrons. The molecule has 1 saturated carbocycles. The van der Waals surface area contributed by atoms with E-state index in [2.05, 4.69) is 20.9 Å². The smallest absolute Gasteiger partial charge is 0.136 e. The highest BCUT2D eigenvalue weighted by atomic mass is 16.4. The summed E-state index contributed by atoms with van der Waals surface area (Å²) in [6.07, 6.45) is 2.62. The summed E-state index contributed by atoms with van der Waals surface area (Å²) < 4.78 is 0. The predicted molar refractivity (Wildman–Crippen MR) is 40.1 cm³/mol. The van der Waals surface area contributed by atoms with Crippen molar-refractivity contribution in [3.63, 3.8) is 0 Å². The lowest BCUT2D eigenvalue weighted by atomic mass is 9.95. The molecule has 0 bridgehead atoms. The molecular weight excluding hydrogens is 144 g/mol. The maximum Gasteiger partial charge on any atom is 0.136 e. The minimum Gasteiger partial charge on any atom is -0.411 e. The van der Waals surface area contributed by atoms with Gasteiger partial charge in [0.05, 0.1) is 5.71 Å². The minimum atomic E-state index is 0.608. The van der Waals surface area contributed by atoms with Gasteiger partial charge in [0.2, 0.25) is 0 Å². The SMILES string of the molecule is O/N=C1/CCCC2=N[N]N=C21. The van der Waals surface area contributed by atoms with Gasteiger partial charge in [-0.2, -0.15) is 0 Å². The Morgan fingerprint density at radius 3 is 3.00 bits per heavy atom. The topological polar surface area (TPSA) is 71.4 Å². The Morgan fingerprint density at radius 2 is 2.18 bits per heavy atom. The molecule has 0 unspecified atom stereocenters. The Kier molecular flexibility index (Phi) is 1.34. The molecule has 5 nitrogen and oxygen atoms in total. The zero-order chi connectivity index (χ0) is 7.68. The molecule has 11 heavy (non-hydrogen) atoms. The predicted octanol–water partition coefficient (Wildman–Crippen LogP) is 0.330. The molecule has 1 fully saturated rings. The Labute approximate surface area is 63.5 Å². The van der Waals surface area contributed by atoms with Crippen molar-refractivity contribution in [2.75, 3.05) is 0 Å². The molecule has 5 heteroatoms. The van der Waals surface area contributed by atoms with E-state index in [0.29, 0.717) is 11.4 Å². The minimum absolute atomic E-state index is 0.608. The van der Waals surface area contributed by atoms with Crippen molar-refractivity contribution in [3.8, 4) is 0 Å². The molecule has 0 spiro atoms. The fraction of sp³-hybridized carbons (Fsp3) is 0.500. The monoisotopic (exact) mass is 151 g/mol. The first-order valence-electron chi connectivity index (χ1n) is 3.48. The highest BCUT2D eigenvalue weighted by Crippen LogP contribution is 2.14. The van der Waals surface area contributed by atoms with Crippen molar-refractivity contribution in [3.05, 3.63) is 0 Å². The second kappa shape index (κ2) is 2.34. The summed E-state index contributed by atoms with van der Waals surface area (Å²) in [7, 11) is 0. The van der Waals surface area contributed by atoms with Crippen LogP contribution in [0.5, 0.6) is 0 Å². The summed E-state index contributed by atoms with van der Waals surface area (Å²) in [5.74, 6) is 0. The molecule has 1 aliphatic heterocycles. The van der Waals surface area contributed by atoms with Gasteiger partial charge in [0, 0.05) is 0 Å². The summed E-state index contributed by atoms with van der Waals surface area (Å²) in [5.41, 5.74) is 5.63. The van der Waals surface area contributed by atoms with Crippen LogP contribution in [0.3, 0.4) is 0 Å². The van der Waals surface area contributed by atoms with Crippen molar-refractivity contribution in [2.24, 2.45) is 15.4 Å². The van der Waals surface area contributed by atoms with Crippen LogP contribution in [0.4, 0.5) is 0 Å². The van der Waals surface area contributed by atoms with Gasteiger partial charge in [-0.3, -0.25) is 0 Å². The lowest BCUT2D eigenvalue weighted by molar-refractivity contribution is 0.318. The third-order valence-corrected chi connectivity index (χ3v) is 1.80. The van der Waals surface area contributed by atoms with Gasteiger partial charge in [0.25, 0.3) is 0 Å². The van der Waals surface area contributed by atoms with Crippen LogP contribution in [-0.2, 0) is 0 Å². The molecule has 0 aromatic rings. The molecular formula is C6H7N4O. The first kappa shape index (κ1) is 6.33. The van der Waals surface area contributed by atoms with Crippen LogP contribution in [0.2, 0.25) is 0 Å². The van der Waals surface area contributed by atoms with Gasteiger partial charge in [-0.05, 0) is 24.8 Å². The Hall–Kier alpha value is -1.39. The number of oxime groups is 1. The maximum absolute atomic E-state index is 8.55. The van der Waals surface area contributed by atoms with Crippen molar-refractivity contribution in [2.45, 2.75) is 19.3 Å². The van der Waals surface area contributed by atoms with Gasteiger partial charge in [0.1, 0.15) is 11.4 Å². The first-order chi connectivity index (χ1) is 5.42. The van der Waals surface area contributed by atoms with Gasteiger partial charge in [-0.1, -0.05) is 5.16 Å². The molecule has 0 aromatic carbocycles. The summed E-state index contributed by atoms with van der Waals surface area (Å²) in [6, 6.07) is 0. The number of hydrogen-bond acceptors (Lipinski definition) is 4. The molecule has 1 N–H and O–H groups in total. The number of hydrogen-bond donors (Lipinski definition) is 1. The largest absolute Gasteiger partial charge is 0.411 e. The molecule has 0 amide bonds. The van der Waals surface area contributed by atoms with E-state index < -0.39 is 0 Å². The van der Waals surface area contributed by atoms with Crippen LogP contribution in [0.1, 0.15) is 19.3 Å². The van der Waals surface area contributed by atoms with Gasteiger partial charge >= 0.3 is 0 Å². The summed E-state index contributed by atoms with van der Waals surface area (Å²) >= 11 is 0. The second-order valence-electron chi connectivity index (χ2n) is 2.48. The third kappa shape index (κ3) is 0.886. The van der Waals surface area contributed by atoms with Crippen LogP contribution in [-0.4, -0.2) is 22.3 Å². The second-order valence-corrected chi connectivity index (χ2v) is 2.48. The van der Waals surface area contributed by atoms with E-state index in [-0.39, 0.29) is 0 Å². The van der Waals surface area contributed by atoms with E-state index in [1.807, 2.05) is 0 Å². The average molecular weight is 151 g/mol. The van der Waals surface area contributed by atoms with E-state index in [1.54, 1.807) is 0 Å². The summed E-state index contributed by atoms with van der Waals surface area (Å²) in [4.78, 5) is 0. The van der Waals surface area contributed by atoms with Crippen LogP contribution >= 0.6 is 0 Å². The summed E-state index contributed by atoms with van der Waals surface area (Å²) in [5, 5.41) is 19.2. The standard InChI is InChI=1S/C6H7N4O/c11-9-5-3-1-2-4-6(5)8-10-7-4/h11H,1-3H2/b9-5-. The fourth-order valence-corrected chi connectivity index (χ4v) is 1.26. The summed E-state index contributed by atoms with van der Waals surface area (Å²) in [6.45, 7) is 0. The average Bonchev–Trinajstić information content (AvgIpc) is 2.50. The Bertz CT molecular complexity index is 266. The van der Waals surface area contributed by atoms with Crippen LogP contribution in [0, 0.1) is 0 Å². The Morgan fingerprint density at radius 1 is 1.27 bits per heavy atom. The van der Waals surface area contributed by atoms with E-state index in [4.69, 9.17) is 5.21 Å².